The molecule has 0 saturated heterocycles. The Morgan fingerprint density at radius 3 is 2.44 bits per heavy atom. The maximum atomic E-state index is 11.9. The van der Waals surface area contributed by atoms with E-state index in [4.69, 9.17) is 9.84 Å². The fourth-order valence-electron chi connectivity index (χ4n) is 1.74. The van der Waals surface area contributed by atoms with E-state index in [0.717, 1.165) is 11.3 Å². The lowest BCUT2D eigenvalue weighted by Gasteiger charge is -2.19. The summed E-state index contributed by atoms with van der Waals surface area (Å²) in [6, 6.07) is 7.54. The van der Waals surface area contributed by atoms with Gasteiger partial charge in [-0.15, -0.1) is 0 Å². The molecule has 1 aromatic rings. The molecule has 100 valence electrons. The molecule has 1 N–H and O–H groups in total. The van der Waals surface area contributed by atoms with Crippen LogP contribution in [0.25, 0.3) is 0 Å². The molecule has 0 atom stereocenters. The fraction of sp³-hybridized carbons (Fsp3) is 0.500. The SMILES string of the molecule is CCOc1ccc(CC(=O)N(CC)CCO)cc1. The molecule has 0 spiro atoms. The Bertz CT molecular complexity index is 362. The Hall–Kier alpha value is -1.55. The lowest BCUT2D eigenvalue weighted by atomic mass is 10.1. The summed E-state index contributed by atoms with van der Waals surface area (Å²) in [7, 11) is 0. The first kappa shape index (κ1) is 14.5. The maximum absolute atomic E-state index is 11.9. The van der Waals surface area contributed by atoms with Crippen molar-refractivity contribution >= 4 is 5.91 Å². The summed E-state index contributed by atoms with van der Waals surface area (Å²) in [5.74, 6) is 0.854. The molecule has 0 aliphatic rings. The molecule has 4 heteroatoms. The van der Waals surface area contributed by atoms with E-state index in [1.165, 1.54) is 0 Å². The van der Waals surface area contributed by atoms with Gasteiger partial charge in [-0.3, -0.25) is 4.79 Å². The van der Waals surface area contributed by atoms with E-state index < -0.39 is 0 Å². The average molecular weight is 251 g/mol. The molecule has 0 unspecified atom stereocenters. The van der Waals surface area contributed by atoms with Crippen LogP contribution in [0.5, 0.6) is 5.75 Å². The fourth-order valence-corrected chi connectivity index (χ4v) is 1.74. The van der Waals surface area contributed by atoms with E-state index in [2.05, 4.69) is 0 Å². The molecule has 0 bridgehead atoms. The molecule has 0 heterocycles. The number of aliphatic hydroxyl groups excluding tert-OH is 1. The van der Waals surface area contributed by atoms with E-state index >= 15 is 0 Å². The van der Waals surface area contributed by atoms with Gasteiger partial charge in [0, 0.05) is 13.1 Å². The van der Waals surface area contributed by atoms with Crippen LogP contribution in [-0.4, -0.2) is 42.2 Å². The van der Waals surface area contributed by atoms with Crippen molar-refractivity contribution in [3.8, 4) is 5.75 Å². The van der Waals surface area contributed by atoms with Crippen molar-refractivity contribution in [1.82, 2.24) is 4.90 Å². The Morgan fingerprint density at radius 2 is 1.94 bits per heavy atom. The van der Waals surface area contributed by atoms with Gasteiger partial charge in [0.1, 0.15) is 5.75 Å². The Morgan fingerprint density at radius 1 is 1.28 bits per heavy atom. The van der Waals surface area contributed by atoms with Crippen molar-refractivity contribution in [2.24, 2.45) is 0 Å². The Labute approximate surface area is 108 Å². The highest BCUT2D eigenvalue weighted by molar-refractivity contribution is 5.78. The number of aliphatic hydroxyl groups is 1. The second-order valence-corrected chi connectivity index (χ2v) is 3.95. The lowest BCUT2D eigenvalue weighted by molar-refractivity contribution is -0.130. The second kappa shape index (κ2) is 7.71. The van der Waals surface area contributed by atoms with Crippen molar-refractivity contribution in [1.29, 1.82) is 0 Å². The zero-order valence-electron chi connectivity index (χ0n) is 11.1. The standard InChI is InChI=1S/C14H21NO3/c1-3-15(9-10-16)14(17)11-12-5-7-13(8-6-12)18-4-2/h5-8,16H,3-4,9-11H2,1-2H3. The molecule has 1 amide bonds. The number of rotatable bonds is 7. The van der Waals surface area contributed by atoms with Crippen LogP contribution in [-0.2, 0) is 11.2 Å². The number of hydrogen-bond acceptors (Lipinski definition) is 3. The maximum Gasteiger partial charge on any atom is 0.227 e. The zero-order valence-corrected chi connectivity index (χ0v) is 11.1. The molecule has 1 aromatic carbocycles. The van der Waals surface area contributed by atoms with Crippen LogP contribution in [0.1, 0.15) is 19.4 Å². The van der Waals surface area contributed by atoms with Gasteiger partial charge >= 0.3 is 0 Å². The van der Waals surface area contributed by atoms with Crippen molar-refractivity contribution in [2.75, 3.05) is 26.3 Å². The van der Waals surface area contributed by atoms with Crippen molar-refractivity contribution in [3.63, 3.8) is 0 Å². The molecule has 0 aliphatic carbocycles. The molecule has 0 saturated carbocycles. The summed E-state index contributed by atoms with van der Waals surface area (Å²) in [5, 5.41) is 8.87. The monoisotopic (exact) mass is 251 g/mol. The third-order valence-corrected chi connectivity index (χ3v) is 2.69. The molecule has 0 aromatic heterocycles. The summed E-state index contributed by atoms with van der Waals surface area (Å²) in [6.45, 7) is 5.50. The lowest BCUT2D eigenvalue weighted by Crippen LogP contribution is -2.34. The average Bonchev–Trinajstić information content (AvgIpc) is 2.38. The van der Waals surface area contributed by atoms with Gasteiger partial charge in [0.25, 0.3) is 0 Å². The first-order valence-electron chi connectivity index (χ1n) is 6.31. The Balaban J connectivity index is 2.58. The molecular formula is C14H21NO3. The van der Waals surface area contributed by atoms with Crippen molar-refractivity contribution < 1.29 is 14.6 Å². The van der Waals surface area contributed by atoms with Crippen LogP contribution in [0.3, 0.4) is 0 Å². The van der Waals surface area contributed by atoms with Gasteiger partial charge in [-0.25, -0.2) is 0 Å². The number of nitrogens with zero attached hydrogens (tertiary/aromatic N) is 1. The topological polar surface area (TPSA) is 49.8 Å². The second-order valence-electron chi connectivity index (χ2n) is 3.95. The smallest absolute Gasteiger partial charge is 0.227 e. The highest BCUT2D eigenvalue weighted by Gasteiger charge is 2.11. The highest BCUT2D eigenvalue weighted by atomic mass is 16.5. The van der Waals surface area contributed by atoms with Crippen LogP contribution in [0, 0.1) is 0 Å². The number of carbonyl (C=O) groups is 1. The summed E-state index contributed by atoms with van der Waals surface area (Å²) in [5.41, 5.74) is 0.958. The number of hydrogen-bond donors (Lipinski definition) is 1. The van der Waals surface area contributed by atoms with E-state index in [9.17, 15) is 4.79 Å². The van der Waals surface area contributed by atoms with Crippen LogP contribution in [0.4, 0.5) is 0 Å². The van der Waals surface area contributed by atoms with Crippen molar-refractivity contribution in [3.05, 3.63) is 29.8 Å². The predicted octanol–water partition coefficient (Wildman–Crippen LogP) is 1.47. The minimum atomic E-state index is 0.00284. The van der Waals surface area contributed by atoms with E-state index in [-0.39, 0.29) is 12.5 Å². The quantitative estimate of drug-likeness (QED) is 0.798. The van der Waals surface area contributed by atoms with E-state index in [0.29, 0.717) is 26.1 Å². The van der Waals surface area contributed by atoms with Gasteiger partial charge in [0.05, 0.1) is 19.6 Å². The van der Waals surface area contributed by atoms with Crippen LogP contribution >= 0.6 is 0 Å². The summed E-state index contributed by atoms with van der Waals surface area (Å²) in [4.78, 5) is 13.6. The minimum Gasteiger partial charge on any atom is -0.494 e. The third-order valence-electron chi connectivity index (χ3n) is 2.69. The third kappa shape index (κ3) is 4.37. The van der Waals surface area contributed by atoms with E-state index in [1.54, 1.807) is 4.90 Å². The summed E-state index contributed by atoms with van der Waals surface area (Å²) in [6.07, 6.45) is 0.361. The first-order valence-corrected chi connectivity index (χ1v) is 6.31. The van der Waals surface area contributed by atoms with Crippen LogP contribution in [0.2, 0.25) is 0 Å². The molecular weight excluding hydrogens is 230 g/mol. The molecule has 0 aliphatic heterocycles. The number of benzene rings is 1. The molecule has 0 fully saturated rings. The summed E-state index contributed by atoms with van der Waals surface area (Å²) < 4.78 is 5.34. The van der Waals surface area contributed by atoms with Gasteiger partial charge in [-0.2, -0.15) is 0 Å². The van der Waals surface area contributed by atoms with Crippen molar-refractivity contribution in [2.45, 2.75) is 20.3 Å². The molecule has 0 radical (unpaired) electrons. The van der Waals surface area contributed by atoms with E-state index in [1.807, 2.05) is 38.1 Å². The number of amides is 1. The largest absolute Gasteiger partial charge is 0.494 e. The van der Waals surface area contributed by atoms with Crippen LogP contribution < -0.4 is 4.74 Å². The zero-order chi connectivity index (χ0) is 13.4. The summed E-state index contributed by atoms with van der Waals surface area (Å²) >= 11 is 0. The number of ether oxygens (including phenoxy) is 1. The normalized spacial score (nSPS) is 10.2. The van der Waals surface area contributed by atoms with Gasteiger partial charge in [0.2, 0.25) is 5.91 Å². The predicted molar refractivity (Wildman–Crippen MR) is 70.7 cm³/mol. The molecule has 1 rings (SSSR count). The molecule has 4 nitrogen and oxygen atoms in total. The minimum absolute atomic E-state index is 0.00284. The Kier molecular flexibility index (Phi) is 6.22. The van der Waals surface area contributed by atoms with Gasteiger partial charge in [0.15, 0.2) is 0 Å². The number of likely N-dealkylation sites (N-methyl/N-ethyl adjacent to an activating group) is 1. The van der Waals surface area contributed by atoms with Gasteiger partial charge < -0.3 is 14.7 Å². The molecule has 18 heavy (non-hydrogen) atoms. The van der Waals surface area contributed by atoms with Gasteiger partial charge in [-0.05, 0) is 31.5 Å². The first-order chi connectivity index (χ1) is 8.71. The highest BCUT2D eigenvalue weighted by Crippen LogP contribution is 2.13. The van der Waals surface area contributed by atoms with Crippen LogP contribution in [0.15, 0.2) is 24.3 Å². The number of carbonyl (C=O) groups excluding carboxylic acids is 1. The van der Waals surface area contributed by atoms with Gasteiger partial charge in [-0.1, -0.05) is 12.1 Å².